The van der Waals surface area contributed by atoms with Crippen LogP contribution in [-0.4, -0.2) is 40.1 Å². The van der Waals surface area contributed by atoms with Crippen molar-refractivity contribution in [1.82, 2.24) is 10.6 Å². The van der Waals surface area contributed by atoms with E-state index in [9.17, 15) is 42.2 Å². The van der Waals surface area contributed by atoms with Gasteiger partial charge in [-0.2, -0.15) is 13.2 Å². The molecule has 4 aromatic rings. The summed E-state index contributed by atoms with van der Waals surface area (Å²) in [6, 6.07) is 16.5. The van der Waals surface area contributed by atoms with Crippen LogP contribution >= 0.6 is 11.6 Å². The topological polar surface area (TPSA) is 116 Å². The number of halogens is 5. The highest BCUT2D eigenvalue weighted by atomic mass is 35.5. The lowest BCUT2D eigenvalue weighted by atomic mass is 9.98. The van der Waals surface area contributed by atoms with E-state index in [1.54, 1.807) is 38.1 Å². The Morgan fingerprint density at radius 2 is 1.43 bits per heavy atom. The van der Waals surface area contributed by atoms with E-state index >= 15 is 0 Å². The van der Waals surface area contributed by atoms with Gasteiger partial charge in [-0.05, 0) is 70.1 Å². The Kier molecular flexibility index (Phi) is 10.4. The van der Waals surface area contributed by atoms with E-state index in [0.29, 0.717) is 27.8 Å². The molecule has 240 valence electrons. The van der Waals surface area contributed by atoms with Crippen LogP contribution in [0.5, 0.6) is 5.75 Å². The third-order valence-corrected chi connectivity index (χ3v) is 7.55. The molecule has 0 spiro atoms. The summed E-state index contributed by atoms with van der Waals surface area (Å²) in [5.74, 6) is -4.48. The number of carbonyl (C=O) groups excluding carboxylic acids is 2. The predicted octanol–water partition coefficient (Wildman–Crippen LogP) is 7.10. The van der Waals surface area contributed by atoms with Gasteiger partial charge >= 0.3 is 12.1 Å². The molecule has 0 fully saturated rings. The fourth-order valence-corrected chi connectivity index (χ4v) is 4.91. The molecule has 4 N–H and O–H groups in total. The van der Waals surface area contributed by atoms with Gasteiger partial charge in [0, 0.05) is 6.42 Å². The van der Waals surface area contributed by atoms with Crippen molar-refractivity contribution in [2.45, 2.75) is 38.5 Å². The van der Waals surface area contributed by atoms with Gasteiger partial charge in [0.2, 0.25) is 5.91 Å². The number of hydrogen-bond donors (Lipinski definition) is 4. The average Bonchev–Trinajstić information content (AvgIpc) is 3.00. The van der Waals surface area contributed by atoms with Gasteiger partial charge in [-0.3, -0.25) is 9.59 Å². The number of alkyl halides is 3. The molecule has 0 radical (unpaired) electrons. The molecule has 0 bridgehead atoms. The van der Waals surface area contributed by atoms with Crippen molar-refractivity contribution in [1.29, 1.82) is 0 Å². The smallest absolute Gasteiger partial charge is 0.416 e. The number of carboxylic acids is 1. The monoisotopic (exact) mass is 656 g/mol. The first-order valence-corrected chi connectivity index (χ1v) is 14.4. The van der Waals surface area contributed by atoms with E-state index in [2.05, 4.69) is 10.6 Å². The second kappa shape index (κ2) is 14.0. The van der Waals surface area contributed by atoms with Crippen molar-refractivity contribution in [2.24, 2.45) is 5.92 Å². The number of benzene rings is 4. The fourth-order valence-electron chi connectivity index (χ4n) is 4.73. The summed E-state index contributed by atoms with van der Waals surface area (Å²) in [5, 5.41) is 25.0. The molecule has 0 aliphatic heterocycles. The highest BCUT2D eigenvalue weighted by Gasteiger charge is 2.31. The Labute approximate surface area is 266 Å². The first-order chi connectivity index (χ1) is 21.6. The molecular formula is C34H29ClF4N2O5. The van der Waals surface area contributed by atoms with E-state index in [1.807, 2.05) is 0 Å². The largest absolute Gasteiger partial charge is 0.507 e. The van der Waals surface area contributed by atoms with Crippen molar-refractivity contribution in [2.75, 3.05) is 0 Å². The summed E-state index contributed by atoms with van der Waals surface area (Å²) in [6.45, 7) is 3.20. The van der Waals surface area contributed by atoms with E-state index in [-0.39, 0.29) is 17.0 Å². The van der Waals surface area contributed by atoms with Gasteiger partial charge in [-0.25, -0.2) is 9.18 Å². The van der Waals surface area contributed by atoms with E-state index in [0.717, 1.165) is 18.2 Å². The summed E-state index contributed by atoms with van der Waals surface area (Å²) in [4.78, 5) is 38.6. The van der Waals surface area contributed by atoms with Crippen LogP contribution in [0.1, 0.15) is 35.3 Å². The Morgan fingerprint density at radius 3 is 2.04 bits per heavy atom. The summed E-state index contributed by atoms with van der Waals surface area (Å²) >= 11 is 5.90. The number of phenolic OH excluding ortho intramolecular Hbond substituents is 1. The lowest BCUT2D eigenvalue weighted by Gasteiger charge is -2.24. The van der Waals surface area contributed by atoms with Crippen molar-refractivity contribution >= 4 is 29.4 Å². The third-order valence-electron chi connectivity index (χ3n) is 7.26. The molecule has 4 aromatic carbocycles. The van der Waals surface area contributed by atoms with Crippen molar-refractivity contribution in [3.8, 4) is 28.0 Å². The Balaban J connectivity index is 1.62. The zero-order valence-corrected chi connectivity index (χ0v) is 25.3. The first-order valence-electron chi connectivity index (χ1n) is 14.0. The number of carboxylic acid groups (broad SMARTS) is 1. The lowest BCUT2D eigenvalue weighted by Crippen LogP contribution is -2.53. The standard InChI is InChI=1S/C34H29ClF4N2O5/c1-18(2)30(33(45)46)41-32(44)28(14-19-6-8-20(9-7-19)21-4-3-5-24(15-21)34(37,38)39)40-31(43)25-16-22(11-13-29(25)42)23-10-12-27(36)26(35)17-23/h3-13,15-18,28,30,42H,14H2,1-2H3,(H,40,43)(H,41,44)(H,45,46)/t28-,30-/m0/s1. The van der Waals surface area contributed by atoms with E-state index in [1.165, 1.54) is 42.5 Å². The molecule has 2 amide bonds. The number of aromatic hydroxyl groups is 1. The maximum Gasteiger partial charge on any atom is 0.416 e. The second-order valence-electron chi connectivity index (χ2n) is 10.9. The van der Waals surface area contributed by atoms with Crippen molar-refractivity contribution in [3.05, 3.63) is 112 Å². The Hall–Kier alpha value is -4.90. The maximum absolute atomic E-state index is 13.7. The number of amides is 2. The molecule has 2 atom stereocenters. The normalized spacial score (nSPS) is 12.8. The highest BCUT2D eigenvalue weighted by Crippen LogP contribution is 2.33. The molecule has 0 aliphatic carbocycles. The third kappa shape index (κ3) is 8.22. The van der Waals surface area contributed by atoms with Gasteiger partial charge in [-0.1, -0.05) is 74.0 Å². The second-order valence-corrected chi connectivity index (χ2v) is 11.3. The number of nitrogens with one attached hydrogen (secondary N) is 2. The minimum Gasteiger partial charge on any atom is -0.507 e. The van der Waals surface area contributed by atoms with Crippen LogP contribution in [-0.2, 0) is 22.2 Å². The first kappa shape index (κ1) is 34.0. The average molecular weight is 657 g/mol. The predicted molar refractivity (Wildman–Crippen MR) is 165 cm³/mol. The van der Waals surface area contributed by atoms with Gasteiger partial charge in [0.1, 0.15) is 23.7 Å². The molecule has 4 rings (SSSR count). The van der Waals surface area contributed by atoms with Gasteiger partial charge < -0.3 is 20.8 Å². The molecule has 0 aromatic heterocycles. The SMILES string of the molecule is CC(C)[C@H](NC(=O)[C@H](Cc1ccc(-c2cccc(C(F)(F)F)c2)cc1)NC(=O)c1cc(-c2ccc(F)c(Cl)c2)ccc1O)C(=O)O. The number of aliphatic carboxylic acids is 1. The fraction of sp³-hybridized carbons (Fsp3) is 0.206. The molecular weight excluding hydrogens is 628 g/mol. The summed E-state index contributed by atoms with van der Waals surface area (Å²) in [5.41, 5.74) is 1.16. The lowest BCUT2D eigenvalue weighted by molar-refractivity contribution is -0.143. The van der Waals surface area contributed by atoms with Crippen LogP contribution < -0.4 is 10.6 Å². The van der Waals surface area contributed by atoms with Crippen LogP contribution in [0.4, 0.5) is 17.6 Å². The van der Waals surface area contributed by atoms with Crippen LogP contribution in [0, 0.1) is 11.7 Å². The minimum atomic E-state index is -4.52. The molecule has 0 saturated carbocycles. The van der Waals surface area contributed by atoms with Crippen LogP contribution in [0.25, 0.3) is 22.3 Å². The molecule has 46 heavy (non-hydrogen) atoms. The molecule has 0 saturated heterocycles. The molecule has 0 heterocycles. The van der Waals surface area contributed by atoms with E-state index < -0.39 is 59.1 Å². The molecule has 0 unspecified atom stereocenters. The zero-order valence-electron chi connectivity index (χ0n) is 24.5. The zero-order chi connectivity index (χ0) is 33.8. The molecule has 0 aliphatic rings. The number of rotatable bonds is 10. The van der Waals surface area contributed by atoms with Gasteiger partial charge in [0.15, 0.2) is 0 Å². The summed E-state index contributed by atoms with van der Waals surface area (Å²) in [6.07, 6.45) is -4.64. The minimum absolute atomic E-state index is 0.126. The molecule has 12 heteroatoms. The summed E-state index contributed by atoms with van der Waals surface area (Å²) in [7, 11) is 0. The number of phenols is 1. The molecule has 7 nitrogen and oxygen atoms in total. The van der Waals surface area contributed by atoms with Gasteiger partial charge in [0.05, 0.1) is 16.1 Å². The van der Waals surface area contributed by atoms with Crippen LogP contribution in [0.2, 0.25) is 5.02 Å². The maximum atomic E-state index is 13.7. The van der Waals surface area contributed by atoms with Crippen molar-refractivity contribution < 1.29 is 42.2 Å². The van der Waals surface area contributed by atoms with E-state index in [4.69, 9.17) is 11.6 Å². The summed E-state index contributed by atoms with van der Waals surface area (Å²) < 4.78 is 53.3. The van der Waals surface area contributed by atoms with Crippen LogP contribution in [0.15, 0.2) is 84.9 Å². The number of carbonyl (C=O) groups is 3. The Bertz CT molecular complexity index is 1760. The highest BCUT2D eigenvalue weighted by molar-refractivity contribution is 6.31. The van der Waals surface area contributed by atoms with Gasteiger partial charge in [0.25, 0.3) is 5.91 Å². The quantitative estimate of drug-likeness (QED) is 0.136. The number of hydrogen-bond acceptors (Lipinski definition) is 4. The van der Waals surface area contributed by atoms with Crippen LogP contribution in [0.3, 0.4) is 0 Å². The van der Waals surface area contributed by atoms with Crippen molar-refractivity contribution in [3.63, 3.8) is 0 Å². The van der Waals surface area contributed by atoms with Gasteiger partial charge in [-0.15, -0.1) is 0 Å². The Morgan fingerprint density at radius 1 is 0.826 bits per heavy atom.